The Balaban J connectivity index is 2.24. The lowest BCUT2D eigenvalue weighted by atomic mass is 10.1. The Morgan fingerprint density at radius 3 is 2.93 bits per heavy atom. The first-order chi connectivity index (χ1) is 6.77. The largest absolute Gasteiger partial charge is 0.360 e. The SMILES string of the molecule is CC(=O)Cc1onc2c1CCCCC2. The number of Topliss-reactive ketones (excluding diaryl/α,β-unsaturated/α-hetero) is 1. The summed E-state index contributed by atoms with van der Waals surface area (Å²) in [7, 11) is 0. The fraction of sp³-hybridized carbons (Fsp3) is 0.636. The van der Waals surface area contributed by atoms with Gasteiger partial charge in [0.05, 0.1) is 12.1 Å². The zero-order valence-electron chi connectivity index (χ0n) is 8.51. The van der Waals surface area contributed by atoms with Gasteiger partial charge in [-0.15, -0.1) is 0 Å². The fourth-order valence-corrected chi connectivity index (χ4v) is 2.00. The van der Waals surface area contributed by atoms with E-state index in [9.17, 15) is 4.79 Å². The maximum atomic E-state index is 11.0. The highest BCUT2D eigenvalue weighted by Gasteiger charge is 2.18. The van der Waals surface area contributed by atoms with Crippen LogP contribution in [0.1, 0.15) is 43.2 Å². The van der Waals surface area contributed by atoms with Crippen LogP contribution in [0.25, 0.3) is 0 Å². The van der Waals surface area contributed by atoms with Crippen molar-refractivity contribution in [2.75, 3.05) is 0 Å². The number of fused-ring (bicyclic) bond motifs is 1. The van der Waals surface area contributed by atoms with Crippen LogP contribution in [0.5, 0.6) is 0 Å². The molecule has 0 bridgehead atoms. The minimum Gasteiger partial charge on any atom is -0.360 e. The summed E-state index contributed by atoms with van der Waals surface area (Å²) in [5.41, 5.74) is 2.29. The van der Waals surface area contributed by atoms with E-state index in [1.165, 1.54) is 24.8 Å². The van der Waals surface area contributed by atoms with Crippen molar-refractivity contribution in [2.45, 2.75) is 45.4 Å². The first-order valence-corrected chi connectivity index (χ1v) is 5.23. The summed E-state index contributed by atoms with van der Waals surface area (Å²) >= 11 is 0. The Kier molecular flexibility index (Phi) is 2.66. The van der Waals surface area contributed by atoms with Gasteiger partial charge in [-0.1, -0.05) is 11.6 Å². The van der Waals surface area contributed by atoms with E-state index in [0.717, 1.165) is 24.3 Å². The highest BCUT2D eigenvalue weighted by Crippen LogP contribution is 2.23. The fourth-order valence-electron chi connectivity index (χ4n) is 2.00. The second-order valence-electron chi connectivity index (χ2n) is 3.97. The molecule has 0 saturated heterocycles. The smallest absolute Gasteiger partial charge is 0.147 e. The Bertz CT molecular complexity index is 341. The summed E-state index contributed by atoms with van der Waals surface area (Å²) in [4.78, 5) is 11.0. The van der Waals surface area contributed by atoms with E-state index in [1.54, 1.807) is 6.92 Å². The van der Waals surface area contributed by atoms with Crippen LogP contribution in [0.2, 0.25) is 0 Å². The molecule has 0 unspecified atom stereocenters. The summed E-state index contributed by atoms with van der Waals surface area (Å²) in [6.07, 6.45) is 6.09. The average Bonchev–Trinajstić information content (AvgIpc) is 2.37. The number of carbonyl (C=O) groups is 1. The number of hydrogen-bond acceptors (Lipinski definition) is 3. The lowest BCUT2D eigenvalue weighted by Gasteiger charge is -1.97. The topological polar surface area (TPSA) is 43.1 Å². The van der Waals surface area contributed by atoms with Crippen LogP contribution in [-0.4, -0.2) is 10.9 Å². The quantitative estimate of drug-likeness (QED) is 0.675. The lowest BCUT2D eigenvalue weighted by molar-refractivity contribution is -0.116. The molecule has 1 aromatic rings. The van der Waals surface area contributed by atoms with E-state index >= 15 is 0 Å². The van der Waals surface area contributed by atoms with Crippen LogP contribution in [0.4, 0.5) is 0 Å². The molecule has 14 heavy (non-hydrogen) atoms. The molecule has 0 amide bonds. The summed E-state index contributed by atoms with van der Waals surface area (Å²) in [6, 6.07) is 0. The number of aromatic nitrogens is 1. The molecule has 3 heteroatoms. The molecule has 0 radical (unpaired) electrons. The molecular formula is C11H15NO2. The lowest BCUT2D eigenvalue weighted by Crippen LogP contribution is -1.99. The monoisotopic (exact) mass is 193 g/mol. The van der Waals surface area contributed by atoms with Crippen LogP contribution in [0.3, 0.4) is 0 Å². The van der Waals surface area contributed by atoms with E-state index in [-0.39, 0.29) is 5.78 Å². The van der Waals surface area contributed by atoms with Crippen LogP contribution in [0.15, 0.2) is 4.52 Å². The van der Waals surface area contributed by atoms with Gasteiger partial charge in [-0.25, -0.2) is 0 Å². The maximum Gasteiger partial charge on any atom is 0.147 e. The average molecular weight is 193 g/mol. The van der Waals surface area contributed by atoms with Crippen molar-refractivity contribution >= 4 is 5.78 Å². The molecule has 0 fully saturated rings. The molecule has 0 spiro atoms. The number of aryl methyl sites for hydroxylation is 1. The van der Waals surface area contributed by atoms with Gasteiger partial charge in [0.1, 0.15) is 11.5 Å². The van der Waals surface area contributed by atoms with Crippen molar-refractivity contribution < 1.29 is 9.32 Å². The van der Waals surface area contributed by atoms with Gasteiger partial charge in [-0.3, -0.25) is 4.79 Å². The molecule has 1 aliphatic carbocycles. The van der Waals surface area contributed by atoms with Gasteiger partial charge < -0.3 is 4.52 Å². The number of carbonyl (C=O) groups excluding carboxylic acids is 1. The summed E-state index contributed by atoms with van der Waals surface area (Å²) in [6.45, 7) is 1.59. The Morgan fingerprint density at radius 1 is 1.36 bits per heavy atom. The predicted octanol–water partition coefficient (Wildman–Crippen LogP) is 2.08. The van der Waals surface area contributed by atoms with Gasteiger partial charge in [0.2, 0.25) is 0 Å². The van der Waals surface area contributed by atoms with Crippen LogP contribution >= 0.6 is 0 Å². The van der Waals surface area contributed by atoms with Gasteiger partial charge in [-0.05, 0) is 32.6 Å². The van der Waals surface area contributed by atoms with Crippen LogP contribution < -0.4 is 0 Å². The predicted molar refractivity (Wildman–Crippen MR) is 52.1 cm³/mol. The number of hydrogen-bond donors (Lipinski definition) is 0. The number of nitrogens with zero attached hydrogens (tertiary/aromatic N) is 1. The van der Waals surface area contributed by atoms with Crippen molar-refractivity contribution in [2.24, 2.45) is 0 Å². The van der Waals surface area contributed by atoms with Gasteiger partial charge in [0, 0.05) is 5.56 Å². The zero-order valence-corrected chi connectivity index (χ0v) is 8.51. The van der Waals surface area contributed by atoms with Gasteiger partial charge in [0.15, 0.2) is 0 Å². The van der Waals surface area contributed by atoms with Crippen LogP contribution in [0, 0.1) is 0 Å². The zero-order chi connectivity index (χ0) is 9.97. The Hall–Kier alpha value is -1.12. The number of ketones is 1. The van der Waals surface area contributed by atoms with E-state index in [1.807, 2.05) is 0 Å². The third kappa shape index (κ3) is 1.86. The van der Waals surface area contributed by atoms with Crippen molar-refractivity contribution in [1.82, 2.24) is 5.16 Å². The van der Waals surface area contributed by atoms with Crippen LogP contribution in [-0.2, 0) is 24.1 Å². The molecule has 0 aliphatic heterocycles. The van der Waals surface area contributed by atoms with E-state index < -0.39 is 0 Å². The molecule has 0 atom stereocenters. The third-order valence-electron chi connectivity index (χ3n) is 2.70. The second kappa shape index (κ2) is 3.95. The highest BCUT2D eigenvalue weighted by atomic mass is 16.5. The van der Waals surface area contributed by atoms with Crippen molar-refractivity contribution in [3.05, 3.63) is 17.0 Å². The van der Waals surface area contributed by atoms with E-state index in [0.29, 0.717) is 6.42 Å². The van der Waals surface area contributed by atoms with Crippen molar-refractivity contribution in [1.29, 1.82) is 0 Å². The molecular weight excluding hydrogens is 178 g/mol. The summed E-state index contributed by atoms with van der Waals surface area (Å²) in [5, 5.41) is 4.04. The summed E-state index contributed by atoms with van der Waals surface area (Å²) < 4.78 is 5.21. The first kappa shape index (κ1) is 9.44. The van der Waals surface area contributed by atoms with Gasteiger partial charge in [-0.2, -0.15) is 0 Å². The minimum absolute atomic E-state index is 0.146. The highest BCUT2D eigenvalue weighted by molar-refractivity contribution is 5.77. The molecule has 1 heterocycles. The molecule has 0 saturated carbocycles. The standard InChI is InChI=1S/C11H15NO2/c1-8(13)7-11-9-5-3-2-4-6-10(9)12-14-11/h2-7H2,1H3. The molecule has 3 nitrogen and oxygen atoms in total. The number of rotatable bonds is 2. The molecule has 76 valence electrons. The van der Waals surface area contributed by atoms with Gasteiger partial charge >= 0.3 is 0 Å². The van der Waals surface area contributed by atoms with E-state index in [4.69, 9.17) is 4.52 Å². The minimum atomic E-state index is 0.146. The van der Waals surface area contributed by atoms with Crippen molar-refractivity contribution in [3.63, 3.8) is 0 Å². The van der Waals surface area contributed by atoms with Crippen molar-refractivity contribution in [3.8, 4) is 0 Å². The van der Waals surface area contributed by atoms with E-state index in [2.05, 4.69) is 5.16 Å². The molecule has 0 aromatic carbocycles. The molecule has 2 rings (SSSR count). The maximum absolute atomic E-state index is 11.0. The molecule has 1 aromatic heterocycles. The molecule has 0 N–H and O–H groups in total. The Morgan fingerprint density at radius 2 is 2.14 bits per heavy atom. The summed E-state index contributed by atoms with van der Waals surface area (Å²) in [5.74, 6) is 0.947. The third-order valence-corrected chi connectivity index (χ3v) is 2.70. The second-order valence-corrected chi connectivity index (χ2v) is 3.97. The Labute approximate surface area is 83.5 Å². The van der Waals surface area contributed by atoms with Gasteiger partial charge in [0.25, 0.3) is 0 Å². The molecule has 1 aliphatic rings. The normalized spacial score (nSPS) is 16.1. The first-order valence-electron chi connectivity index (χ1n) is 5.23.